The summed E-state index contributed by atoms with van der Waals surface area (Å²) < 4.78 is 15.2. The van der Waals surface area contributed by atoms with E-state index in [0.29, 0.717) is 5.52 Å². The SMILES string of the molecule is Fc1cccc2c1nc1ccccn12. The maximum absolute atomic E-state index is 13.3. The van der Waals surface area contributed by atoms with E-state index < -0.39 is 0 Å². The van der Waals surface area contributed by atoms with Gasteiger partial charge in [0.05, 0.1) is 5.52 Å². The summed E-state index contributed by atoms with van der Waals surface area (Å²) in [5, 5.41) is 0. The number of imidazole rings is 1. The van der Waals surface area contributed by atoms with E-state index in [2.05, 4.69) is 4.98 Å². The van der Waals surface area contributed by atoms with E-state index in [1.54, 1.807) is 6.07 Å². The third kappa shape index (κ3) is 0.865. The van der Waals surface area contributed by atoms with Gasteiger partial charge < -0.3 is 0 Å². The highest BCUT2D eigenvalue weighted by molar-refractivity contribution is 5.80. The van der Waals surface area contributed by atoms with Gasteiger partial charge >= 0.3 is 0 Å². The lowest BCUT2D eigenvalue weighted by molar-refractivity contribution is 0.637. The fourth-order valence-corrected chi connectivity index (χ4v) is 1.65. The van der Waals surface area contributed by atoms with Crippen molar-refractivity contribution in [3.63, 3.8) is 0 Å². The van der Waals surface area contributed by atoms with E-state index in [-0.39, 0.29) is 5.82 Å². The van der Waals surface area contributed by atoms with Crippen LogP contribution in [-0.4, -0.2) is 9.38 Å². The molecule has 0 aliphatic heterocycles. The fraction of sp³-hybridized carbons (Fsp3) is 0. The van der Waals surface area contributed by atoms with E-state index in [4.69, 9.17) is 0 Å². The molecule has 3 aromatic rings. The molecule has 0 N–H and O–H groups in total. The van der Waals surface area contributed by atoms with Crippen LogP contribution in [-0.2, 0) is 0 Å². The normalized spacial score (nSPS) is 11.2. The first kappa shape index (κ1) is 7.50. The Hall–Kier alpha value is -1.90. The Morgan fingerprint density at radius 2 is 2.00 bits per heavy atom. The molecule has 0 spiro atoms. The second-order valence-corrected chi connectivity index (χ2v) is 3.15. The molecule has 0 saturated carbocycles. The van der Waals surface area contributed by atoms with Gasteiger partial charge in [0.1, 0.15) is 11.2 Å². The summed E-state index contributed by atoms with van der Waals surface area (Å²) in [6, 6.07) is 10.6. The summed E-state index contributed by atoms with van der Waals surface area (Å²) in [5.74, 6) is -0.272. The number of hydrogen-bond acceptors (Lipinski definition) is 1. The van der Waals surface area contributed by atoms with Crippen molar-refractivity contribution in [2.75, 3.05) is 0 Å². The molecule has 0 bridgehead atoms. The largest absolute Gasteiger partial charge is 0.300 e. The van der Waals surface area contributed by atoms with Crippen molar-refractivity contribution in [3.8, 4) is 0 Å². The molecule has 0 radical (unpaired) electrons. The fourth-order valence-electron chi connectivity index (χ4n) is 1.65. The van der Waals surface area contributed by atoms with Crippen LogP contribution in [0.15, 0.2) is 42.6 Å². The molecule has 1 aromatic carbocycles. The number of para-hydroxylation sites is 1. The van der Waals surface area contributed by atoms with Crippen LogP contribution < -0.4 is 0 Å². The predicted molar refractivity (Wildman–Crippen MR) is 52.7 cm³/mol. The van der Waals surface area contributed by atoms with Crippen molar-refractivity contribution < 1.29 is 4.39 Å². The van der Waals surface area contributed by atoms with Crippen molar-refractivity contribution in [1.29, 1.82) is 0 Å². The third-order valence-electron chi connectivity index (χ3n) is 2.29. The zero-order valence-corrected chi connectivity index (χ0v) is 7.31. The number of nitrogens with zero attached hydrogens (tertiary/aromatic N) is 2. The van der Waals surface area contributed by atoms with Crippen molar-refractivity contribution in [2.45, 2.75) is 0 Å². The van der Waals surface area contributed by atoms with Crippen molar-refractivity contribution >= 4 is 16.7 Å². The van der Waals surface area contributed by atoms with E-state index in [0.717, 1.165) is 11.2 Å². The van der Waals surface area contributed by atoms with Crippen LogP contribution >= 0.6 is 0 Å². The molecule has 0 unspecified atom stereocenters. The quantitative estimate of drug-likeness (QED) is 0.527. The highest BCUT2D eigenvalue weighted by Gasteiger charge is 2.06. The van der Waals surface area contributed by atoms with Gasteiger partial charge in [-0.25, -0.2) is 9.37 Å². The van der Waals surface area contributed by atoms with Crippen molar-refractivity contribution in [3.05, 3.63) is 48.4 Å². The highest BCUT2D eigenvalue weighted by atomic mass is 19.1. The molecule has 2 aromatic heterocycles. The van der Waals surface area contributed by atoms with Gasteiger partial charge in [-0.15, -0.1) is 0 Å². The van der Waals surface area contributed by atoms with E-state index in [1.807, 2.05) is 34.9 Å². The summed E-state index contributed by atoms with van der Waals surface area (Å²) >= 11 is 0. The number of halogens is 1. The number of fused-ring (bicyclic) bond motifs is 3. The van der Waals surface area contributed by atoms with Gasteiger partial charge in [-0.2, -0.15) is 0 Å². The van der Waals surface area contributed by atoms with Crippen LogP contribution in [0.3, 0.4) is 0 Å². The minimum absolute atomic E-state index is 0.272. The molecule has 2 nitrogen and oxygen atoms in total. The van der Waals surface area contributed by atoms with Gasteiger partial charge in [-0.3, -0.25) is 4.40 Å². The topological polar surface area (TPSA) is 17.3 Å². The zero-order valence-electron chi connectivity index (χ0n) is 7.31. The molecular formula is C11H7FN2. The monoisotopic (exact) mass is 186 g/mol. The van der Waals surface area contributed by atoms with Gasteiger partial charge in [0, 0.05) is 6.20 Å². The van der Waals surface area contributed by atoms with Crippen LogP contribution in [0.4, 0.5) is 4.39 Å². The second-order valence-electron chi connectivity index (χ2n) is 3.15. The Labute approximate surface area is 79.6 Å². The number of hydrogen-bond donors (Lipinski definition) is 0. The lowest BCUT2D eigenvalue weighted by Gasteiger charge is -1.92. The minimum atomic E-state index is -0.272. The summed E-state index contributed by atoms with van der Waals surface area (Å²) in [4.78, 5) is 4.20. The first-order valence-corrected chi connectivity index (χ1v) is 4.37. The number of rotatable bonds is 0. The Kier molecular flexibility index (Phi) is 1.36. The first-order valence-electron chi connectivity index (χ1n) is 4.37. The van der Waals surface area contributed by atoms with Gasteiger partial charge in [0.2, 0.25) is 0 Å². The van der Waals surface area contributed by atoms with Gasteiger partial charge in [0.25, 0.3) is 0 Å². The smallest absolute Gasteiger partial charge is 0.151 e. The highest BCUT2D eigenvalue weighted by Crippen LogP contribution is 2.18. The molecule has 0 aliphatic rings. The molecule has 0 fully saturated rings. The zero-order chi connectivity index (χ0) is 9.54. The first-order chi connectivity index (χ1) is 6.86. The van der Waals surface area contributed by atoms with Crippen LogP contribution in [0.1, 0.15) is 0 Å². The molecular weight excluding hydrogens is 179 g/mol. The third-order valence-corrected chi connectivity index (χ3v) is 2.29. The van der Waals surface area contributed by atoms with Crippen LogP contribution in [0.25, 0.3) is 16.7 Å². The molecule has 0 saturated heterocycles. The Morgan fingerprint density at radius 1 is 1.07 bits per heavy atom. The summed E-state index contributed by atoms with van der Waals surface area (Å²) in [6.45, 7) is 0. The average Bonchev–Trinajstić information content (AvgIpc) is 2.59. The lowest BCUT2D eigenvalue weighted by Crippen LogP contribution is -1.81. The molecule has 14 heavy (non-hydrogen) atoms. The van der Waals surface area contributed by atoms with E-state index in [9.17, 15) is 4.39 Å². The minimum Gasteiger partial charge on any atom is -0.300 e. The van der Waals surface area contributed by atoms with Crippen molar-refractivity contribution in [2.24, 2.45) is 0 Å². The Morgan fingerprint density at radius 3 is 2.93 bits per heavy atom. The maximum Gasteiger partial charge on any atom is 0.151 e. The molecule has 0 aliphatic carbocycles. The van der Waals surface area contributed by atoms with Crippen molar-refractivity contribution in [1.82, 2.24) is 9.38 Å². The molecule has 68 valence electrons. The van der Waals surface area contributed by atoms with Gasteiger partial charge in [-0.05, 0) is 24.3 Å². The van der Waals surface area contributed by atoms with Gasteiger partial charge in [-0.1, -0.05) is 12.1 Å². The summed E-state index contributed by atoms with van der Waals surface area (Å²) in [7, 11) is 0. The lowest BCUT2D eigenvalue weighted by atomic mass is 10.3. The molecule has 0 amide bonds. The molecule has 3 rings (SSSR count). The molecule has 3 heteroatoms. The summed E-state index contributed by atoms with van der Waals surface area (Å²) in [5.41, 5.74) is 2.01. The Balaban J connectivity index is 2.63. The standard InChI is InChI=1S/C11H7FN2/c12-8-4-3-5-9-11(8)13-10-6-1-2-7-14(9)10/h1-7H. The van der Waals surface area contributed by atoms with E-state index >= 15 is 0 Å². The molecule has 2 heterocycles. The summed E-state index contributed by atoms with van der Waals surface area (Å²) in [6.07, 6.45) is 1.88. The van der Waals surface area contributed by atoms with E-state index in [1.165, 1.54) is 6.07 Å². The van der Waals surface area contributed by atoms with Crippen LogP contribution in [0.2, 0.25) is 0 Å². The predicted octanol–water partition coefficient (Wildman–Crippen LogP) is 2.63. The Bertz CT molecular complexity index is 613. The number of benzene rings is 1. The maximum atomic E-state index is 13.3. The molecule has 0 atom stereocenters. The number of aromatic nitrogens is 2. The van der Waals surface area contributed by atoms with Crippen LogP contribution in [0, 0.1) is 5.82 Å². The van der Waals surface area contributed by atoms with Crippen LogP contribution in [0.5, 0.6) is 0 Å². The second kappa shape index (κ2) is 2.54. The average molecular weight is 186 g/mol. The number of pyridine rings is 1. The van der Waals surface area contributed by atoms with Gasteiger partial charge in [0.15, 0.2) is 5.82 Å².